The summed E-state index contributed by atoms with van der Waals surface area (Å²) in [5.74, 6) is 1.00. The Hall–Kier alpha value is -1.36. The van der Waals surface area contributed by atoms with Crippen LogP contribution in [0.3, 0.4) is 0 Å². The Morgan fingerprint density at radius 2 is 1.79 bits per heavy atom. The Bertz CT molecular complexity index is 699. The fourth-order valence-corrected chi connectivity index (χ4v) is 7.25. The average Bonchev–Trinajstić information content (AvgIpc) is 2.86. The van der Waals surface area contributed by atoms with Crippen molar-refractivity contribution in [2.24, 2.45) is 28.6 Å². The van der Waals surface area contributed by atoms with E-state index in [2.05, 4.69) is 19.9 Å². The highest BCUT2D eigenvalue weighted by molar-refractivity contribution is 5.66. The third-order valence-electron chi connectivity index (χ3n) is 8.66. The first-order chi connectivity index (χ1) is 13.1. The molecule has 7 unspecified atom stereocenters. The topological polar surface area (TPSA) is 72.8 Å². The first-order valence-corrected chi connectivity index (χ1v) is 10.9. The number of ether oxygens (including phenoxy) is 2. The number of rotatable bonds is 2. The lowest BCUT2D eigenvalue weighted by molar-refractivity contribution is -0.154. The largest absolute Gasteiger partial charge is 0.462 e. The molecule has 156 valence electrons. The molecule has 0 saturated heterocycles. The summed E-state index contributed by atoms with van der Waals surface area (Å²) in [4.78, 5) is 22.9. The molecular formula is C23H34O5. The van der Waals surface area contributed by atoms with E-state index in [9.17, 15) is 14.7 Å². The first kappa shape index (κ1) is 19.9. The van der Waals surface area contributed by atoms with Crippen LogP contribution in [0, 0.1) is 28.6 Å². The SMILES string of the molecule is CC(=O)OC1CCC2(C)C(=CCC3C2CCC2(C)C3C[C@@H](OC(C)=O)C2O)C1. The first-order valence-electron chi connectivity index (χ1n) is 10.9. The van der Waals surface area contributed by atoms with Gasteiger partial charge in [-0.3, -0.25) is 9.59 Å². The molecule has 0 heterocycles. The van der Waals surface area contributed by atoms with Crippen molar-refractivity contribution in [2.75, 3.05) is 0 Å². The zero-order chi connectivity index (χ0) is 20.3. The Morgan fingerprint density at radius 1 is 1.07 bits per heavy atom. The molecule has 0 radical (unpaired) electrons. The highest BCUT2D eigenvalue weighted by Crippen LogP contribution is 2.65. The second-order valence-electron chi connectivity index (χ2n) is 10.1. The Kier molecular flexibility index (Phi) is 4.88. The number of hydrogen-bond donors (Lipinski definition) is 1. The maximum atomic E-state index is 11.5. The number of allylic oxidation sites excluding steroid dienone is 1. The van der Waals surface area contributed by atoms with Gasteiger partial charge in [0.15, 0.2) is 0 Å². The van der Waals surface area contributed by atoms with Crippen molar-refractivity contribution in [3.05, 3.63) is 11.6 Å². The monoisotopic (exact) mass is 390 g/mol. The van der Waals surface area contributed by atoms with Gasteiger partial charge in [-0.2, -0.15) is 0 Å². The van der Waals surface area contributed by atoms with Gasteiger partial charge in [0, 0.05) is 25.7 Å². The molecule has 0 aromatic rings. The van der Waals surface area contributed by atoms with Crippen LogP contribution in [0.25, 0.3) is 0 Å². The summed E-state index contributed by atoms with van der Waals surface area (Å²) in [7, 11) is 0. The average molecular weight is 391 g/mol. The summed E-state index contributed by atoms with van der Waals surface area (Å²) in [6.45, 7) is 7.52. The van der Waals surface area contributed by atoms with Crippen LogP contribution >= 0.6 is 0 Å². The fourth-order valence-electron chi connectivity index (χ4n) is 7.25. The summed E-state index contributed by atoms with van der Waals surface area (Å²) >= 11 is 0. The van der Waals surface area contributed by atoms with Gasteiger partial charge in [-0.25, -0.2) is 0 Å². The fraction of sp³-hybridized carbons (Fsp3) is 0.826. The molecule has 8 atom stereocenters. The van der Waals surface area contributed by atoms with Gasteiger partial charge in [-0.1, -0.05) is 25.5 Å². The summed E-state index contributed by atoms with van der Waals surface area (Å²) in [6.07, 6.45) is 8.19. The van der Waals surface area contributed by atoms with Gasteiger partial charge in [0.1, 0.15) is 12.2 Å². The summed E-state index contributed by atoms with van der Waals surface area (Å²) in [5.41, 5.74) is 1.45. The Labute approximate surface area is 167 Å². The summed E-state index contributed by atoms with van der Waals surface area (Å²) in [5, 5.41) is 11.0. The molecule has 0 aromatic heterocycles. The van der Waals surface area contributed by atoms with Gasteiger partial charge >= 0.3 is 11.9 Å². The molecule has 4 rings (SSSR count). The number of carbonyl (C=O) groups excluding carboxylic acids is 2. The second kappa shape index (κ2) is 6.86. The normalized spacial score (nSPS) is 47.2. The van der Waals surface area contributed by atoms with Crippen LogP contribution in [0.4, 0.5) is 0 Å². The quantitative estimate of drug-likeness (QED) is 0.574. The zero-order valence-electron chi connectivity index (χ0n) is 17.6. The Balaban J connectivity index is 1.57. The van der Waals surface area contributed by atoms with Crippen molar-refractivity contribution < 1.29 is 24.2 Å². The van der Waals surface area contributed by atoms with Gasteiger partial charge < -0.3 is 14.6 Å². The second-order valence-corrected chi connectivity index (χ2v) is 10.1. The van der Waals surface area contributed by atoms with Crippen molar-refractivity contribution in [3.63, 3.8) is 0 Å². The van der Waals surface area contributed by atoms with E-state index in [0.29, 0.717) is 17.8 Å². The summed E-state index contributed by atoms with van der Waals surface area (Å²) in [6, 6.07) is 0. The minimum absolute atomic E-state index is 0.0175. The maximum Gasteiger partial charge on any atom is 0.302 e. The third-order valence-corrected chi connectivity index (χ3v) is 8.66. The van der Waals surface area contributed by atoms with Gasteiger partial charge in [0.05, 0.1) is 6.10 Å². The van der Waals surface area contributed by atoms with Crippen LogP contribution in [-0.2, 0) is 19.1 Å². The number of hydrogen-bond acceptors (Lipinski definition) is 5. The van der Waals surface area contributed by atoms with Gasteiger partial charge in [-0.05, 0) is 61.7 Å². The van der Waals surface area contributed by atoms with Crippen LogP contribution in [0.1, 0.15) is 72.6 Å². The molecule has 3 saturated carbocycles. The number of carbonyl (C=O) groups is 2. The van der Waals surface area contributed by atoms with E-state index in [4.69, 9.17) is 9.47 Å². The Morgan fingerprint density at radius 3 is 2.46 bits per heavy atom. The molecular weight excluding hydrogens is 356 g/mol. The molecule has 28 heavy (non-hydrogen) atoms. The molecule has 1 N–H and O–H groups in total. The smallest absolute Gasteiger partial charge is 0.302 e. The number of fused-ring (bicyclic) bond motifs is 5. The lowest BCUT2D eigenvalue weighted by Gasteiger charge is -2.57. The number of aliphatic hydroxyl groups is 1. The number of aliphatic hydroxyl groups excluding tert-OH is 1. The molecule has 0 aliphatic heterocycles. The molecule has 4 aliphatic carbocycles. The molecule has 0 bridgehead atoms. The molecule has 3 fully saturated rings. The van der Waals surface area contributed by atoms with E-state index in [1.807, 2.05) is 0 Å². The van der Waals surface area contributed by atoms with Crippen LogP contribution in [-0.4, -0.2) is 35.4 Å². The maximum absolute atomic E-state index is 11.5. The molecule has 0 aromatic carbocycles. The van der Waals surface area contributed by atoms with E-state index >= 15 is 0 Å². The predicted octanol–water partition coefficient (Wildman–Crippen LogP) is 3.78. The van der Waals surface area contributed by atoms with E-state index in [-0.39, 0.29) is 35.0 Å². The third kappa shape index (κ3) is 3.01. The summed E-state index contributed by atoms with van der Waals surface area (Å²) < 4.78 is 11.0. The lowest BCUT2D eigenvalue weighted by Crippen LogP contribution is -2.51. The van der Waals surface area contributed by atoms with Crippen molar-refractivity contribution in [2.45, 2.75) is 91.0 Å². The minimum Gasteiger partial charge on any atom is -0.462 e. The van der Waals surface area contributed by atoms with Gasteiger partial charge in [-0.15, -0.1) is 0 Å². The van der Waals surface area contributed by atoms with Crippen LogP contribution < -0.4 is 0 Å². The van der Waals surface area contributed by atoms with Crippen LogP contribution in [0.2, 0.25) is 0 Å². The zero-order valence-corrected chi connectivity index (χ0v) is 17.6. The lowest BCUT2D eigenvalue weighted by atomic mass is 9.48. The standard InChI is InChI=1S/C23H34O5/c1-13(24)27-16-7-9-22(3)15(11-16)5-6-17-18(22)8-10-23(4)19(17)12-20(21(23)26)28-14(2)25/h5,16-21,26H,6-12H2,1-4H3/t16?,17?,18?,19?,20-,21?,22?,23?/m1/s1. The predicted molar refractivity (Wildman–Crippen MR) is 104 cm³/mol. The van der Waals surface area contributed by atoms with Crippen molar-refractivity contribution in [1.82, 2.24) is 0 Å². The minimum atomic E-state index is -0.569. The molecule has 5 heteroatoms. The van der Waals surface area contributed by atoms with E-state index < -0.39 is 6.10 Å². The molecule has 5 nitrogen and oxygen atoms in total. The highest BCUT2D eigenvalue weighted by atomic mass is 16.6. The molecule has 4 aliphatic rings. The van der Waals surface area contributed by atoms with Crippen molar-refractivity contribution in [1.29, 1.82) is 0 Å². The number of esters is 2. The van der Waals surface area contributed by atoms with Crippen LogP contribution in [0.15, 0.2) is 11.6 Å². The van der Waals surface area contributed by atoms with Gasteiger partial charge in [0.2, 0.25) is 0 Å². The highest BCUT2D eigenvalue weighted by Gasteiger charge is 2.61. The van der Waals surface area contributed by atoms with Crippen molar-refractivity contribution in [3.8, 4) is 0 Å². The van der Waals surface area contributed by atoms with Crippen LogP contribution in [0.5, 0.6) is 0 Å². The van der Waals surface area contributed by atoms with E-state index in [1.54, 1.807) is 0 Å². The van der Waals surface area contributed by atoms with Gasteiger partial charge in [0.25, 0.3) is 0 Å². The van der Waals surface area contributed by atoms with Crippen molar-refractivity contribution >= 4 is 11.9 Å². The molecule has 0 amide bonds. The molecule has 0 spiro atoms. The van der Waals surface area contributed by atoms with E-state index in [0.717, 1.165) is 44.9 Å². The van der Waals surface area contributed by atoms with E-state index in [1.165, 1.54) is 19.4 Å².